The van der Waals surface area contributed by atoms with Crippen LogP contribution in [0.25, 0.3) is 0 Å². The van der Waals surface area contributed by atoms with Gasteiger partial charge in [-0.15, -0.1) is 0 Å². The summed E-state index contributed by atoms with van der Waals surface area (Å²) in [5, 5.41) is 0. The molecule has 2 aromatic rings. The van der Waals surface area contributed by atoms with Crippen LogP contribution in [0.5, 0.6) is 0 Å². The lowest BCUT2D eigenvalue weighted by atomic mass is 9.65. The Bertz CT molecular complexity index is 937. The fourth-order valence-electron chi connectivity index (χ4n) is 3.61. The van der Waals surface area contributed by atoms with Gasteiger partial charge in [0.1, 0.15) is 0 Å². The summed E-state index contributed by atoms with van der Waals surface area (Å²) in [7, 11) is 0. The number of benzene rings is 2. The highest BCUT2D eigenvalue weighted by atomic mass is 16.2. The fourth-order valence-corrected chi connectivity index (χ4v) is 3.61. The third kappa shape index (κ3) is 3.99. The molecule has 1 heterocycles. The fraction of sp³-hybridized carbons (Fsp3) is 0.423. The first-order valence-corrected chi connectivity index (χ1v) is 10.1. The molecule has 0 radical (unpaired) electrons. The molecule has 1 aliphatic heterocycles. The Hall–Kier alpha value is -2.53. The number of para-hydroxylation sites is 1. The van der Waals surface area contributed by atoms with E-state index in [1.807, 2.05) is 47.4 Å². The van der Waals surface area contributed by atoms with Crippen LogP contribution in [-0.2, 0) is 11.3 Å². The Morgan fingerprint density at radius 2 is 1.54 bits per heavy atom. The van der Waals surface area contributed by atoms with E-state index in [-0.39, 0.29) is 22.7 Å². The quantitative estimate of drug-likeness (QED) is 0.601. The zero-order valence-corrected chi connectivity index (χ0v) is 18.0. The molecule has 0 bridgehead atoms. The predicted octanol–water partition coefficient (Wildman–Crippen LogP) is 6.03. The number of amides is 1. The average molecular weight is 374 g/mol. The standard InChI is InChI=1S/C26H31NO/c1-19(17-26(5,6)25(2,3)4)24(28)27-18-22-13-8-7-11-20(22)15-16-21-12-9-10-14-23(21)27/h7-14,19H,17-18H2,1-6H3. The van der Waals surface area contributed by atoms with Crippen molar-refractivity contribution >= 4 is 11.6 Å². The molecule has 0 saturated heterocycles. The SMILES string of the molecule is CC(CC(C)(C)C(C)(C)C)C(=O)N1Cc2ccccc2C#Cc2ccccc21. The van der Waals surface area contributed by atoms with Gasteiger partial charge >= 0.3 is 0 Å². The number of carbonyl (C=O) groups is 1. The Morgan fingerprint density at radius 3 is 2.21 bits per heavy atom. The van der Waals surface area contributed by atoms with Crippen molar-refractivity contribution in [1.29, 1.82) is 0 Å². The molecule has 0 spiro atoms. The maximum Gasteiger partial charge on any atom is 0.230 e. The maximum absolute atomic E-state index is 13.6. The van der Waals surface area contributed by atoms with Crippen LogP contribution in [0.15, 0.2) is 48.5 Å². The van der Waals surface area contributed by atoms with Crippen LogP contribution < -0.4 is 4.90 Å². The highest BCUT2D eigenvalue weighted by Gasteiger charge is 2.37. The second kappa shape index (κ2) is 7.47. The second-order valence-corrected chi connectivity index (χ2v) is 9.59. The Kier molecular flexibility index (Phi) is 5.39. The van der Waals surface area contributed by atoms with Crippen molar-refractivity contribution in [3.05, 3.63) is 65.2 Å². The number of fused-ring (bicyclic) bond motifs is 2. The van der Waals surface area contributed by atoms with E-state index < -0.39 is 0 Å². The average Bonchev–Trinajstić information content (AvgIpc) is 2.62. The van der Waals surface area contributed by atoms with Gasteiger partial charge in [-0.05, 0) is 41.0 Å². The monoisotopic (exact) mass is 373 g/mol. The topological polar surface area (TPSA) is 20.3 Å². The summed E-state index contributed by atoms with van der Waals surface area (Å²) < 4.78 is 0. The zero-order valence-electron chi connectivity index (χ0n) is 18.0. The van der Waals surface area contributed by atoms with Crippen molar-refractivity contribution in [1.82, 2.24) is 0 Å². The number of nitrogens with zero attached hydrogens (tertiary/aromatic N) is 1. The summed E-state index contributed by atoms with van der Waals surface area (Å²) in [5.74, 6) is 6.66. The van der Waals surface area contributed by atoms with Gasteiger partial charge in [0.15, 0.2) is 0 Å². The zero-order chi connectivity index (χ0) is 20.5. The molecule has 28 heavy (non-hydrogen) atoms. The lowest BCUT2D eigenvalue weighted by molar-refractivity contribution is -0.123. The molecule has 2 heteroatoms. The number of rotatable bonds is 3. The first kappa shape index (κ1) is 20.2. The van der Waals surface area contributed by atoms with E-state index in [0.717, 1.165) is 28.8 Å². The molecule has 0 aliphatic carbocycles. The Morgan fingerprint density at radius 1 is 0.964 bits per heavy atom. The van der Waals surface area contributed by atoms with Gasteiger partial charge in [0.25, 0.3) is 0 Å². The molecule has 2 aromatic carbocycles. The Balaban J connectivity index is 1.99. The van der Waals surface area contributed by atoms with E-state index in [2.05, 4.69) is 59.4 Å². The van der Waals surface area contributed by atoms with Crippen molar-refractivity contribution in [2.75, 3.05) is 4.90 Å². The van der Waals surface area contributed by atoms with Gasteiger partial charge in [0.05, 0.1) is 12.2 Å². The number of hydrogen-bond donors (Lipinski definition) is 0. The maximum atomic E-state index is 13.6. The number of hydrogen-bond acceptors (Lipinski definition) is 1. The molecule has 1 atom stereocenters. The minimum Gasteiger partial charge on any atom is -0.306 e. The summed E-state index contributed by atoms with van der Waals surface area (Å²) in [6.07, 6.45) is 0.849. The molecular weight excluding hydrogens is 342 g/mol. The molecule has 146 valence electrons. The van der Waals surface area contributed by atoms with Gasteiger partial charge in [0, 0.05) is 17.0 Å². The summed E-state index contributed by atoms with van der Waals surface area (Å²) in [5.41, 5.74) is 4.11. The molecule has 0 saturated carbocycles. The molecule has 0 aromatic heterocycles. The van der Waals surface area contributed by atoms with Crippen LogP contribution in [0.3, 0.4) is 0 Å². The first-order valence-electron chi connectivity index (χ1n) is 10.1. The van der Waals surface area contributed by atoms with Crippen LogP contribution in [0.2, 0.25) is 0 Å². The minimum absolute atomic E-state index is 0.0576. The molecule has 1 amide bonds. The van der Waals surface area contributed by atoms with Crippen LogP contribution in [0.1, 0.15) is 64.7 Å². The number of anilines is 1. The summed E-state index contributed by atoms with van der Waals surface area (Å²) >= 11 is 0. The largest absolute Gasteiger partial charge is 0.306 e. The summed E-state index contributed by atoms with van der Waals surface area (Å²) in [6, 6.07) is 16.1. The molecule has 2 nitrogen and oxygen atoms in total. The van der Waals surface area contributed by atoms with Gasteiger partial charge < -0.3 is 4.90 Å². The van der Waals surface area contributed by atoms with Crippen LogP contribution in [0, 0.1) is 28.6 Å². The van der Waals surface area contributed by atoms with Crippen molar-refractivity contribution < 1.29 is 4.79 Å². The lowest BCUT2D eigenvalue weighted by Gasteiger charge is -2.41. The third-order valence-corrected chi connectivity index (χ3v) is 6.41. The van der Waals surface area contributed by atoms with E-state index in [4.69, 9.17) is 0 Å². The van der Waals surface area contributed by atoms with Crippen molar-refractivity contribution in [2.45, 2.75) is 54.5 Å². The van der Waals surface area contributed by atoms with Gasteiger partial charge in [-0.3, -0.25) is 4.79 Å². The predicted molar refractivity (Wildman–Crippen MR) is 117 cm³/mol. The molecule has 1 unspecified atom stereocenters. The van der Waals surface area contributed by atoms with Gasteiger partial charge in [-0.1, -0.05) is 83.7 Å². The van der Waals surface area contributed by atoms with Gasteiger partial charge in [-0.2, -0.15) is 0 Å². The van der Waals surface area contributed by atoms with E-state index in [1.165, 1.54) is 0 Å². The summed E-state index contributed by atoms with van der Waals surface area (Å²) in [4.78, 5) is 15.6. The normalized spacial score (nSPS) is 14.7. The smallest absolute Gasteiger partial charge is 0.230 e. The number of carbonyl (C=O) groups excluding carboxylic acids is 1. The van der Waals surface area contributed by atoms with E-state index in [0.29, 0.717) is 6.54 Å². The minimum atomic E-state index is -0.0678. The molecular formula is C26H31NO. The van der Waals surface area contributed by atoms with E-state index in [9.17, 15) is 4.79 Å². The van der Waals surface area contributed by atoms with Crippen molar-refractivity contribution in [2.24, 2.45) is 16.7 Å². The highest BCUT2D eigenvalue weighted by molar-refractivity contribution is 5.96. The van der Waals surface area contributed by atoms with Crippen LogP contribution >= 0.6 is 0 Å². The van der Waals surface area contributed by atoms with Gasteiger partial charge in [0.2, 0.25) is 5.91 Å². The second-order valence-electron chi connectivity index (χ2n) is 9.59. The van der Waals surface area contributed by atoms with Crippen molar-refractivity contribution in [3.8, 4) is 11.8 Å². The van der Waals surface area contributed by atoms with Crippen LogP contribution in [-0.4, -0.2) is 5.91 Å². The third-order valence-electron chi connectivity index (χ3n) is 6.41. The molecule has 0 N–H and O–H groups in total. The summed E-state index contributed by atoms with van der Waals surface area (Å²) in [6.45, 7) is 13.9. The van der Waals surface area contributed by atoms with Crippen LogP contribution in [0.4, 0.5) is 5.69 Å². The lowest BCUT2D eigenvalue weighted by Crippen LogP contribution is -2.40. The molecule has 3 rings (SSSR count). The van der Waals surface area contributed by atoms with Gasteiger partial charge in [-0.25, -0.2) is 0 Å². The van der Waals surface area contributed by atoms with E-state index >= 15 is 0 Å². The Labute approximate surface area is 170 Å². The highest BCUT2D eigenvalue weighted by Crippen LogP contribution is 2.43. The van der Waals surface area contributed by atoms with E-state index in [1.54, 1.807) is 0 Å². The van der Waals surface area contributed by atoms with Crippen molar-refractivity contribution in [3.63, 3.8) is 0 Å². The first-order chi connectivity index (χ1) is 13.1. The molecule has 0 fully saturated rings. The molecule has 1 aliphatic rings.